The smallest absolute Gasteiger partial charge is 0.0813 e. The largest absolute Gasteiger partial charge is 0.396 e. The van der Waals surface area contributed by atoms with Crippen LogP contribution >= 0.6 is 10.4 Å². The van der Waals surface area contributed by atoms with E-state index in [0.717, 1.165) is 0 Å². The molecular formula is F7NS. The van der Waals surface area contributed by atoms with E-state index in [-0.39, 0.29) is 0 Å². The van der Waals surface area contributed by atoms with Gasteiger partial charge in [0.1, 0.15) is 0 Å². The van der Waals surface area contributed by atoms with Crippen molar-refractivity contribution in [2.24, 2.45) is 0 Å². The molecule has 9 heteroatoms. The normalized spacial score (nSPS) is 21.3. The van der Waals surface area contributed by atoms with Crippen LogP contribution in [0.3, 0.4) is 0 Å². The van der Waals surface area contributed by atoms with Crippen molar-refractivity contribution in [1.29, 1.82) is 0 Å². The van der Waals surface area contributed by atoms with Gasteiger partial charge in [0, 0.05) is 0 Å². The minimum absolute atomic E-state index is 3.99. The molecule has 0 N–H and O–H groups in total. The molecule has 9 heavy (non-hydrogen) atoms. The quantitative estimate of drug-likeness (QED) is 0.441. The van der Waals surface area contributed by atoms with Gasteiger partial charge in [-0.05, 0) is 0 Å². The Hall–Kier alpha value is -0.180. The molecule has 0 aromatic carbocycles. The third kappa shape index (κ3) is 2.75. The second kappa shape index (κ2) is 1.15. The number of halogens is 7. The Bertz CT molecular complexity index is 112. The van der Waals surface area contributed by atoms with E-state index in [2.05, 4.69) is 0 Å². The van der Waals surface area contributed by atoms with E-state index in [9.17, 15) is 28.4 Å². The molecule has 0 bridgehead atoms. The average molecular weight is 179 g/mol. The maximum absolute atomic E-state index is 10.6. The molecule has 0 atom stereocenters. The summed E-state index contributed by atoms with van der Waals surface area (Å²) in [5.41, 5.74) is 0. The molecule has 0 aliphatic carbocycles. The van der Waals surface area contributed by atoms with Crippen molar-refractivity contribution in [1.82, 2.24) is 4.75 Å². The molecule has 0 aliphatic heterocycles. The molecule has 0 unspecified atom stereocenters. The molecule has 60 valence electrons. The Morgan fingerprint density at radius 3 is 0.889 bits per heavy atom. The summed E-state index contributed by atoms with van der Waals surface area (Å²) in [7, 11) is -10.6. The lowest BCUT2D eigenvalue weighted by molar-refractivity contribution is -0.0986. The molecule has 0 fully saturated rings. The summed E-state index contributed by atoms with van der Waals surface area (Å²) in [4.78, 5) is 0. The van der Waals surface area contributed by atoms with E-state index in [4.69, 9.17) is 0 Å². The minimum atomic E-state index is -10.6. The van der Waals surface area contributed by atoms with Crippen molar-refractivity contribution in [3.05, 3.63) is 0 Å². The highest BCUT2D eigenvalue weighted by Crippen LogP contribution is 2.99. The zero-order valence-corrected chi connectivity index (χ0v) is 4.32. The van der Waals surface area contributed by atoms with Gasteiger partial charge in [-0.2, -0.15) is 0 Å². The third-order valence-electron chi connectivity index (χ3n) is 0.261. The zero-order chi connectivity index (χ0) is 7.99. The van der Waals surface area contributed by atoms with Crippen molar-refractivity contribution in [2.45, 2.75) is 0 Å². The van der Waals surface area contributed by atoms with Crippen LogP contribution in [-0.4, -0.2) is 4.75 Å². The molecule has 0 amide bonds. The summed E-state index contributed by atoms with van der Waals surface area (Å²) in [6.45, 7) is 0. The highest BCUT2D eigenvalue weighted by atomic mass is 32.5. The fraction of sp³-hybridized carbons (Fsp3) is 0. The van der Waals surface area contributed by atoms with Gasteiger partial charge in [0.2, 0.25) is 0 Å². The topological polar surface area (TPSA) is 3.24 Å². The zero-order valence-electron chi connectivity index (χ0n) is 3.50. The fourth-order valence-corrected chi connectivity index (χ4v) is 0. The van der Waals surface area contributed by atoms with Gasteiger partial charge in [0.15, 0.2) is 4.75 Å². The standard InChI is InChI=1S/F7NS/c1-8(2)9(3,4,5,6)7. The summed E-state index contributed by atoms with van der Waals surface area (Å²) < 4.78 is 69.2. The van der Waals surface area contributed by atoms with E-state index in [1.165, 1.54) is 0 Å². The van der Waals surface area contributed by atoms with Gasteiger partial charge >= 0.3 is 10.4 Å². The van der Waals surface area contributed by atoms with Crippen LogP contribution < -0.4 is 0 Å². The first-order valence-electron chi connectivity index (χ1n) is 1.29. The van der Waals surface area contributed by atoms with Crippen LogP contribution in [-0.2, 0) is 0 Å². The molecule has 0 saturated carbocycles. The molecule has 0 aliphatic rings. The summed E-state index contributed by atoms with van der Waals surface area (Å²) in [5, 5.41) is 0. The van der Waals surface area contributed by atoms with Crippen molar-refractivity contribution in [2.75, 3.05) is 0 Å². The van der Waals surface area contributed by atoms with Gasteiger partial charge in [0.25, 0.3) is 0 Å². The maximum Gasteiger partial charge on any atom is 0.396 e. The lowest BCUT2D eigenvalue weighted by Crippen LogP contribution is -2.18. The van der Waals surface area contributed by atoms with Crippen LogP contribution in [0, 0.1) is 0 Å². The van der Waals surface area contributed by atoms with Crippen molar-refractivity contribution in [3.63, 3.8) is 0 Å². The van der Waals surface area contributed by atoms with Crippen LogP contribution in [0.1, 0.15) is 0 Å². The Morgan fingerprint density at radius 2 is 0.889 bits per heavy atom. The lowest BCUT2D eigenvalue weighted by atomic mass is 13.6. The number of hydrogen-bond donors (Lipinski definition) is 0. The van der Waals surface area contributed by atoms with E-state index in [1.54, 1.807) is 0 Å². The Kier molecular flexibility index (Phi) is 1.12. The van der Waals surface area contributed by atoms with Gasteiger partial charge in [-0.3, -0.25) is 0 Å². The van der Waals surface area contributed by atoms with E-state index in [1.807, 2.05) is 0 Å². The van der Waals surface area contributed by atoms with Gasteiger partial charge in [-0.15, -0.1) is 0 Å². The minimum Gasteiger partial charge on any atom is -0.0813 e. The Balaban J connectivity index is 4.76. The molecule has 0 rings (SSSR count). The average Bonchev–Trinajstić information content (AvgIpc) is 1.24. The SMILES string of the molecule is FN(F)S(F)(F)(F)(F)F. The Labute approximate surface area is 44.8 Å². The lowest BCUT2D eigenvalue weighted by Gasteiger charge is -2.38. The third-order valence-corrected chi connectivity index (χ3v) is 0.782. The molecule has 0 aromatic rings. The number of rotatable bonds is 1. The van der Waals surface area contributed by atoms with Crippen LogP contribution in [0.2, 0.25) is 0 Å². The van der Waals surface area contributed by atoms with Gasteiger partial charge in [-0.1, -0.05) is 28.4 Å². The summed E-state index contributed by atoms with van der Waals surface area (Å²) in [6.07, 6.45) is 0. The molecule has 0 aromatic heterocycles. The van der Waals surface area contributed by atoms with Gasteiger partial charge in [0.05, 0.1) is 0 Å². The first-order valence-corrected chi connectivity index (χ1v) is 3.20. The van der Waals surface area contributed by atoms with Crippen LogP contribution in [0.5, 0.6) is 0 Å². The monoisotopic (exact) mass is 179 g/mol. The van der Waals surface area contributed by atoms with Crippen molar-refractivity contribution < 1.29 is 28.4 Å². The predicted octanol–water partition coefficient (Wildman–Crippen LogP) is 3.27. The highest BCUT2D eigenvalue weighted by Gasteiger charge is 2.73. The molecule has 0 heterocycles. The maximum atomic E-state index is 10.5. The number of nitrogens with zero attached hydrogens (tertiary/aromatic N) is 1. The molecular weight excluding hydrogens is 179 g/mol. The highest BCUT2D eigenvalue weighted by molar-refractivity contribution is 8.43. The van der Waals surface area contributed by atoms with Crippen molar-refractivity contribution >= 4 is 10.4 Å². The second-order valence-electron chi connectivity index (χ2n) is 1.13. The van der Waals surface area contributed by atoms with Crippen LogP contribution in [0.4, 0.5) is 28.4 Å². The predicted molar refractivity (Wildman–Crippen MR) is 17.2 cm³/mol. The molecule has 1 nitrogen and oxygen atoms in total. The van der Waals surface area contributed by atoms with Gasteiger partial charge < -0.3 is 0 Å². The molecule has 0 spiro atoms. The van der Waals surface area contributed by atoms with E-state index >= 15 is 0 Å². The first kappa shape index (κ1) is 8.82. The summed E-state index contributed by atoms with van der Waals surface area (Å²) >= 11 is 0. The molecule has 0 saturated heterocycles. The second-order valence-corrected chi connectivity index (χ2v) is 3.26. The summed E-state index contributed by atoms with van der Waals surface area (Å²) in [5.74, 6) is 0. The summed E-state index contributed by atoms with van der Waals surface area (Å²) in [6, 6.07) is 0. The fourth-order valence-electron chi connectivity index (χ4n) is 0. The Morgan fingerprint density at radius 1 is 0.778 bits per heavy atom. The number of hydrogen-bond acceptors (Lipinski definition) is 1. The van der Waals surface area contributed by atoms with Crippen LogP contribution in [0.15, 0.2) is 0 Å². The molecule has 0 radical (unpaired) electrons. The first-order chi connectivity index (χ1) is 3.43. The van der Waals surface area contributed by atoms with E-state index in [0.29, 0.717) is 0 Å². The van der Waals surface area contributed by atoms with Gasteiger partial charge in [-0.25, -0.2) is 0 Å². The van der Waals surface area contributed by atoms with Crippen LogP contribution in [0.25, 0.3) is 0 Å². The van der Waals surface area contributed by atoms with E-state index < -0.39 is 15.2 Å². The van der Waals surface area contributed by atoms with Crippen molar-refractivity contribution in [3.8, 4) is 0 Å².